The summed E-state index contributed by atoms with van der Waals surface area (Å²) in [4.78, 5) is 6.85. The van der Waals surface area contributed by atoms with Gasteiger partial charge in [-0.25, -0.2) is 4.98 Å². The number of hydrogen-bond donors (Lipinski definition) is 1. The number of benzene rings is 1. The first-order chi connectivity index (χ1) is 9.22. The normalized spacial score (nSPS) is 10.7. The first kappa shape index (κ1) is 14.0. The van der Waals surface area contributed by atoms with Crippen LogP contribution in [-0.2, 0) is 19.5 Å². The summed E-state index contributed by atoms with van der Waals surface area (Å²) in [6.45, 7) is 3.88. The SMILES string of the molecule is CCc1ccc(N(C)Cc2csc(CNC)n2)cc1. The van der Waals surface area contributed by atoms with E-state index < -0.39 is 0 Å². The van der Waals surface area contributed by atoms with E-state index in [1.165, 1.54) is 11.3 Å². The third kappa shape index (κ3) is 3.78. The monoisotopic (exact) mass is 275 g/mol. The van der Waals surface area contributed by atoms with Crippen molar-refractivity contribution in [3.63, 3.8) is 0 Å². The molecular formula is C15H21N3S. The van der Waals surface area contributed by atoms with Crippen LogP contribution in [0.1, 0.15) is 23.2 Å². The van der Waals surface area contributed by atoms with E-state index in [1.54, 1.807) is 11.3 Å². The topological polar surface area (TPSA) is 28.2 Å². The van der Waals surface area contributed by atoms with Crippen LogP contribution in [0, 0.1) is 0 Å². The van der Waals surface area contributed by atoms with Crippen molar-refractivity contribution < 1.29 is 0 Å². The second-order valence-electron chi connectivity index (χ2n) is 4.64. The van der Waals surface area contributed by atoms with E-state index >= 15 is 0 Å². The molecule has 0 atom stereocenters. The molecule has 0 fully saturated rings. The molecule has 0 bridgehead atoms. The molecule has 0 radical (unpaired) electrons. The Hall–Kier alpha value is -1.39. The maximum Gasteiger partial charge on any atom is 0.107 e. The fraction of sp³-hybridized carbons (Fsp3) is 0.400. The molecule has 1 heterocycles. The van der Waals surface area contributed by atoms with Gasteiger partial charge in [0.1, 0.15) is 5.01 Å². The van der Waals surface area contributed by atoms with Crippen LogP contribution in [0.2, 0.25) is 0 Å². The maximum atomic E-state index is 4.61. The van der Waals surface area contributed by atoms with Crippen LogP contribution in [0.25, 0.3) is 0 Å². The van der Waals surface area contributed by atoms with Crippen molar-refractivity contribution in [3.8, 4) is 0 Å². The zero-order valence-electron chi connectivity index (χ0n) is 11.8. The third-order valence-electron chi connectivity index (χ3n) is 3.11. The molecule has 3 nitrogen and oxygen atoms in total. The quantitative estimate of drug-likeness (QED) is 0.878. The Morgan fingerprint density at radius 3 is 2.63 bits per heavy atom. The Morgan fingerprint density at radius 1 is 1.26 bits per heavy atom. The lowest BCUT2D eigenvalue weighted by atomic mass is 10.1. The van der Waals surface area contributed by atoms with Crippen LogP contribution in [0.3, 0.4) is 0 Å². The van der Waals surface area contributed by atoms with E-state index in [0.29, 0.717) is 0 Å². The van der Waals surface area contributed by atoms with Crippen LogP contribution in [0.4, 0.5) is 5.69 Å². The summed E-state index contributed by atoms with van der Waals surface area (Å²) in [6, 6.07) is 8.75. The van der Waals surface area contributed by atoms with Gasteiger partial charge in [0.25, 0.3) is 0 Å². The predicted molar refractivity (Wildman–Crippen MR) is 82.8 cm³/mol. The van der Waals surface area contributed by atoms with E-state index in [-0.39, 0.29) is 0 Å². The average Bonchev–Trinajstić information content (AvgIpc) is 2.86. The Morgan fingerprint density at radius 2 is 2.00 bits per heavy atom. The third-order valence-corrected chi connectivity index (χ3v) is 4.01. The van der Waals surface area contributed by atoms with E-state index in [4.69, 9.17) is 0 Å². The predicted octanol–water partition coefficient (Wildman–Crippen LogP) is 3.06. The summed E-state index contributed by atoms with van der Waals surface area (Å²) in [7, 11) is 4.06. The molecule has 1 aromatic carbocycles. The van der Waals surface area contributed by atoms with E-state index in [1.807, 2.05) is 7.05 Å². The van der Waals surface area contributed by atoms with Crippen molar-refractivity contribution in [2.45, 2.75) is 26.4 Å². The standard InChI is InChI=1S/C15H21N3S/c1-4-12-5-7-14(8-6-12)18(3)10-13-11-19-15(17-13)9-16-2/h5-8,11,16H,4,9-10H2,1-3H3. The summed E-state index contributed by atoms with van der Waals surface area (Å²) in [5, 5.41) is 6.42. The van der Waals surface area contributed by atoms with Gasteiger partial charge in [0, 0.05) is 24.7 Å². The highest BCUT2D eigenvalue weighted by Crippen LogP contribution is 2.18. The molecule has 2 rings (SSSR count). The number of nitrogens with one attached hydrogen (secondary N) is 1. The van der Waals surface area contributed by atoms with Crippen molar-refractivity contribution in [2.24, 2.45) is 0 Å². The van der Waals surface area contributed by atoms with Crippen LogP contribution in [0.15, 0.2) is 29.6 Å². The molecule has 4 heteroatoms. The van der Waals surface area contributed by atoms with Crippen molar-refractivity contribution in [2.75, 3.05) is 19.0 Å². The lowest BCUT2D eigenvalue weighted by Gasteiger charge is -2.18. The highest BCUT2D eigenvalue weighted by atomic mass is 32.1. The number of nitrogens with zero attached hydrogens (tertiary/aromatic N) is 2. The van der Waals surface area contributed by atoms with Gasteiger partial charge in [-0.1, -0.05) is 19.1 Å². The second kappa shape index (κ2) is 6.68. The lowest BCUT2D eigenvalue weighted by Crippen LogP contribution is -2.16. The number of aryl methyl sites for hydroxylation is 1. The van der Waals surface area contributed by atoms with Gasteiger partial charge in [-0.05, 0) is 31.2 Å². The molecule has 0 aliphatic heterocycles. The molecule has 0 amide bonds. The maximum absolute atomic E-state index is 4.61. The van der Waals surface area contributed by atoms with Crippen LogP contribution < -0.4 is 10.2 Å². The smallest absolute Gasteiger partial charge is 0.107 e. The summed E-state index contributed by atoms with van der Waals surface area (Å²) in [5.74, 6) is 0. The van der Waals surface area contributed by atoms with Gasteiger partial charge in [0.15, 0.2) is 0 Å². The van der Waals surface area contributed by atoms with Crippen molar-refractivity contribution in [1.29, 1.82) is 0 Å². The molecular weight excluding hydrogens is 254 g/mol. The summed E-state index contributed by atoms with van der Waals surface area (Å²) in [5.41, 5.74) is 3.75. The average molecular weight is 275 g/mol. The zero-order valence-corrected chi connectivity index (χ0v) is 12.6. The summed E-state index contributed by atoms with van der Waals surface area (Å²) < 4.78 is 0. The molecule has 0 saturated carbocycles. The Kier molecular flexibility index (Phi) is 4.93. The Balaban J connectivity index is 2.00. The van der Waals surface area contributed by atoms with Gasteiger partial charge in [0.2, 0.25) is 0 Å². The molecule has 0 saturated heterocycles. The van der Waals surface area contributed by atoms with Crippen LogP contribution in [-0.4, -0.2) is 19.1 Å². The lowest BCUT2D eigenvalue weighted by molar-refractivity contribution is 0.797. The Bertz CT molecular complexity index is 504. The highest BCUT2D eigenvalue weighted by molar-refractivity contribution is 7.09. The molecule has 0 aliphatic carbocycles. The minimum absolute atomic E-state index is 0.847. The van der Waals surface area contributed by atoms with Gasteiger partial charge in [-0.2, -0.15) is 0 Å². The largest absolute Gasteiger partial charge is 0.369 e. The van der Waals surface area contributed by atoms with Gasteiger partial charge in [0.05, 0.1) is 12.2 Å². The van der Waals surface area contributed by atoms with E-state index in [9.17, 15) is 0 Å². The molecule has 0 unspecified atom stereocenters. The number of hydrogen-bond acceptors (Lipinski definition) is 4. The van der Waals surface area contributed by atoms with Crippen LogP contribution in [0.5, 0.6) is 0 Å². The fourth-order valence-corrected chi connectivity index (χ4v) is 2.77. The summed E-state index contributed by atoms with van der Waals surface area (Å²) >= 11 is 1.72. The number of thiazole rings is 1. The minimum atomic E-state index is 0.847. The van der Waals surface area contributed by atoms with Crippen molar-refractivity contribution in [3.05, 3.63) is 45.9 Å². The number of aromatic nitrogens is 1. The number of rotatable bonds is 6. The molecule has 2 aromatic rings. The fourth-order valence-electron chi connectivity index (χ4n) is 1.97. The highest BCUT2D eigenvalue weighted by Gasteiger charge is 2.06. The van der Waals surface area contributed by atoms with Gasteiger partial charge in [-0.15, -0.1) is 11.3 Å². The first-order valence-corrected chi connectivity index (χ1v) is 7.49. The molecule has 102 valence electrons. The molecule has 1 aromatic heterocycles. The molecule has 1 N–H and O–H groups in total. The van der Waals surface area contributed by atoms with Gasteiger partial charge < -0.3 is 10.2 Å². The molecule has 0 aliphatic rings. The minimum Gasteiger partial charge on any atom is -0.369 e. The van der Waals surface area contributed by atoms with Gasteiger partial charge >= 0.3 is 0 Å². The number of anilines is 1. The zero-order chi connectivity index (χ0) is 13.7. The molecule has 19 heavy (non-hydrogen) atoms. The Labute approximate surface area is 119 Å². The van der Waals surface area contributed by atoms with Crippen molar-refractivity contribution in [1.82, 2.24) is 10.3 Å². The van der Waals surface area contributed by atoms with Crippen LogP contribution >= 0.6 is 11.3 Å². The van der Waals surface area contributed by atoms with Gasteiger partial charge in [-0.3, -0.25) is 0 Å². The first-order valence-electron chi connectivity index (χ1n) is 6.61. The van der Waals surface area contributed by atoms with E-state index in [2.05, 4.69) is 58.8 Å². The molecule has 0 spiro atoms. The van der Waals surface area contributed by atoms with E-state index in [0.717, 1.165) is 30.2 Å². The second-order valence-corrected chi connectivity index (χ2v) is 5.58. The van der Waals surface area contributed by atoms with Crippen molar-refractivity contribution >= 4 is 17.0 Å². The summed E-state index contributed by atoms with van der Waals surface area (Å²) in [6.07, 6.45) is 1.09.